The van der Waals surface area contributed by atoms with Crippen molar-refractivity contribution in [3.8, 4) is 5.75 Å². The molecule has 4 nitrogen and oxygen atoms in total. The molecule has 1 aromatic rings. The third-order valence-electron chi connectivity index (χ3n) is 3.02. The lowest BCUT2D eigenvalue weighted by atomic mass is 10.2. The fraction of sp³-hybridized carbons (Fsp3) is 0.462. The SMILES string of the molecule is O=C(NC[C@H]1CCCN1)c1ccc(OC(F)(F)F)cc1. The first kappa shape index (κ1) is 14.6. The van der Waals surface area contributed by atoms with Crippen LogP contribution in [0.5, 0.6) is 5.75 Å². The molecule has 20 heavy (non-hydrogen) atoms. The molecule has 0 saturated carbocycles. The largest absolute Gasteiger partial charge is 0.573 e. The number of hydrogen-bond donors (Lipinski definition) is 2. The Kier molecular flexibility index (Phi) is 4.49. The zero-order valence-corrected chi connectivity index (χ0v) is 10.7. The Morgan fingerprint density at radius 1 is 1.35 bits per heavy atom. The molecule has 2 rings (SSSR count). The van der Waals surface area contributed by atoms with Gasteiger partial charge in [-0.3, -0.25) is 4.79 Å². The molecule has 1 atom stereocenters. The monoisotopic (exact) mass is 288 g/mol. The van der Waals surface area contributed by atoms with Crippen molar-refractivity contribution in [3.63, 3.8) is 0 Å². The van der Waals surface area contributed by atoms with E-state index >= 15 is 0 Å². The zero-order chi connectivity index (χ0) is 14.6. The number of alkyl halides is 3. The third kappa shape index (κ3) is 4.41. The van der Waals surface area contributed by atoms with Crippen molar-refractivity contribution in [2.75, 3.05) is 13.1 Å². The molecule has 1 aromatic carbocycles. The van der Waals surface area contributed by atoms with E-state index in [0.29, 0.717) is 12.1 Å². The number of carbonyl (C=O) groups excluding carboxylic acids is 1. The first-order chi connectivity index (χ1) is 9.44. The van der Waals surface area contributed by atoms with Crippen LogP contribution in [0.1, 0.15) is 23.2 Å². The minimum absolute atomic E-state index is 0.270. The van der Waals surface area contributed by atoms with Gasteiger partial charge in [0.1, 0.15) is 5.75 Å². The lowest BCUT2D eigenvalue weighted by Gasteiger charge is -2.12. The number of ether oxygens (including phenoxy) is 1. The Morgan fingerprint density at radius 2 is 2.05 bits per heavy atom. The summed E-state index contributed by atoms with van der Waals surface area (Å²) < 4.78 is 39.7. The number of rotatable bonds is 4. The summed E-state index contributed by atoms with van der Waals surface area (Å²) in [6.07, 6.45) is -2.62. The highest BCUT2D eigenvalue weighted by Gasteiger charge is 2.31. The van der Waals surface area contributed by atoms with Crippen LogP contribution in [0.15, 0.2) is 24.3 Å². The lowest BCUT2D eigenvalue weighted by Crippen LogP contribution is -2.37. The van der Waals surface area contributed by atoms with Crippen LogP contribution in [0.4, 0.5) is 13.2 Å². The number of carbonyl (C=O) groups is 1. The van der Waals surface area contributed by atoms with Crippen molar-refractivity contribution in [1.29, 1.82) is 0 Å². The minimum Gasteiger partial charge on any atom is -0.406 e. The summed E-state index contributed by atoms with van der Waals surface area (Å²) in [5, 5.41) is 5.98. The molecule has 0 aromatic heterocycles. The van der Waals surface area contributed by atoms with Crippen LogP contribution in [0.3, 0.4) is 0 Å². The van der Waals surface area contributed by atoms with Crippen molar-refractivity contribution in [1.82, 2.24) is 10.6 Å². The normalized spacial score (nSPS) is 18.9. The fourth-order valence-corrected chi connectivity index (χ4v) is 2.06. The lowest BCUT2D eigenvalue weighted by molar-refractivity contribution is -0.274. The van der Waals surface area contributed by atoms with Crippen molar-refractivity contribution in [2.24, 2.45) is 0 Å². The summed E-state index contributed by atoms with van der Waals surface area (Å²) in [4.78, 5) is 11.8. The van der Waals surface area contributed by atoms with Gasteiger partial charge in [0, 0.05) is 18.2 Å². The number of amides is 1. The van der Waals surface area contributed by atoms with E-state index in [4.69, 9.17) is 0 Å². The van der Waals surface area contributed by atoms with E-state index in [2.05, 4.69) is 15.4 Å². The average molecular weight is 288 g/mol. The summed E-state index contributed by atoms with van der Waals surface area (Å²) in [5.41, 5.74) is 0.303. The summed E-state index contributed by atoms with van der Waals surface area (Å²) in [6, 6.07) is 5.12. The summed E-state index contributed by atoms with van der Waals surface area (Å²) in [5.74, 6) is -0.649. The fourth-order valence-electron chi connectivity index (χ4n) is 2.06. The van der Waals surface area contributed by atoms with Gasteiger partial charge in [-0.15, -0.1) is 13.2 Å². The van der Waals surface area contributed by atoms with Gasteiger partial charge >= 0.3 is 6.36 Å². The molecule has 0 bridgehead atoms. The maximum Gasteiger partial charge on any atom is 0.573 e. The van der Waals surface area contributed by atoms with Gasteiger partial charge in [-0.2, -0.15) is 0 Å². The highest BCUT2D eigenvalue weighted by Crippen LogP contribution is 2.22. The van der Waals surface area contributed by atoms with E-state index in [9.17, 15) is 18.0 Å². The van der Waals surface area contributed by atoms with Crippen LogP contribution >= 0.6 is 0 Å². The van der Waals surface area contributed by atoms with Gasteiger partial charge in [-0.1, -0.05) is 0 Å². The first-order valence-corrected chi connectivity index (χ1v) is 6.31. The molecule has 0 spiro atoms. The molecule has 0 aliphatic carbocycles. The third-order valence-corrected chi connectivity index (χ3v) is 3.02. The number of hydrogen-bond acceptors (Lipinski definition) is 3. The van der Waals surface area contributed by atoms with Crippen LogP contribution in [-0.2, 0) is 0 Å². The molecule has 1 fully saturated rings. The van der Waals surface area contributed by atoms with Crippen LogP contribution in [0.2, 0.25) is 0 Å². The number of nitrogens with one attached hydrogen (secondary N) is 2. The smallest absolute Gasteiger partial charge is 0.406 e. The van der Waals surface area contributed by atoms with E-state index in [0.717, 1.165) is 31.5 Å². The van der Waals surface area contributed by atoms with E-state index in [1.165, 1.54) is 12.1 Å². The zero-order valence-electron chi connectivity index (χ0n) is 10.7. The predicted molar refractivity (Wildman–Crippen MR) is 66.5 cm³/mol. The first-order valence-electron chi connectivity index (χ1n) is 6.31. The van der Waals surface area contributed by atoms with Gasteiger partial charge in [0.05, 0.1) is 0 Å². The Bertz CT molecular complexity index is 454. The van der Waals surface area contributed by atoms with Crippen molar-refractivity contribution in [3.05, 3.63) is 29.8 Å². The maximum atomic E-state index is 12.0. The molecule has 1 aliphatic heterocycles. The summed E-state index contributed by atoms with van der Waals surface area (Å²) >= 11 is 0. The van der Waals surface area contributed by atoms with Crippen LogP contribution in [0.25, 0.3) is 0 Å². The van der Waals surface area contributed by atoms with Gasteiger partial charge in [-0.05, 0) is 43.7 Å². The molecule has 1 aliphatic rings. The topological polar surface area (TPSA) is 50.4 Å². The average Bonchev–Trinajstić information content (AvgIpc) is 2.88. The molecule has 1 saturated heterocycles. The Hall–Kier alpha value is -1.76. The van der Waals surface area contributed by atoms with Crippen LogP contribution in [-0.4, -0.2) is 31.4 Å². The van der Waals surface area contributed by atoms with Gasteiger partial charge in [0.2, 0.25) is 0 Å². The van der Waals surface area contributed by atoms with Crippen molar-refractivity contribution in [2.45, 2.75) is 25.2 Å². The van der Waals surface area contributed by atoms with Crippen molar-refractivity contribution >= 4 is 5.91 Å². The molecule has 1 amide bonds. The second kappa shape index (κ2) is 6.13. The highest BCUT2D eigenvalue weighted by atomic mass is 19.4. The molecular formula is C13H15F3N2O2. The number of benzene rings is 1. The van der Waals surface area contributed by atoms with Gasteiger partial charge < -0.3 is 15.4 Å². The molecule has 0 radical (unpaired) electrons. The Labute approximate surface area is 114 Å². The van der Waals surface area contributed by atoms with E-state index in [-0.39, 0.29) is 17.7 Å². The molecule has 0 unspecified atom stereocenters. The van der Waals surface area contributed by atoms with Crippen LogP contribution < -0.4 is 15.4 Å². The number of halogens is 3. The second-order valence-corrected chi connectivity index (χ2v) is 4.58. The van der Waals surface area contributed by atoms with E-state index in [1.807, 2.05) is 0 Å². The minimum atomic E-state index is -4.72. The molecule has 1 heterocycles. The van der Waals surface area contributed by atoms with Gasteiger partial charge in [0.25, 0.3) is 5.91 Å². The summed E-state index contributed by atoms with van der Waals surface area (Å²) in [7, 11) is 0. The molecule has 7 heteroatoms. The predicted octanol–water partition coefficient (Wildman–Crippen LogP) is 2.07. The second-order valence-electron chi connectivity index (χ2n) is 4.58. The molecule has 2 N–H and O–H groups in total. The highest BCUT2D eigenvalue weighted by molar-refractivity contribution is 5.94. The summed E-state index contributed by atoms with van der Waals surface area (Å²) in [6.45, 7) is 1.46. The standard InChI is InChI=1S/C13H15F3N2O2/c14-13(15,16)20-11-5-3-9(4-6-11)12(19)18-8-10-2-1-7-17-10/h3-6,10,17H,1-2,7-8H2,(H,18,19)/t10-/m1/s1. The van der Waals surface area contributed by atoms with Gasteiger partial charge in [0.15, 0.2) is 0 Å². The molecule has 110 valence electrons. The van der Waals surface area contributed by atoms with E-state index < -0.39 is 6.36 Å². The van der Waals surface area contributed by atoms with Crippen LogP contribution in [0, 0.1) is 0 Å². The van der Waals surface area contributed by atoms with Gasteiger partial charge in [-0.25, -0.2) is 0 Å². The van der Waals surface area contributed by atoms with E-state index in [1.54, 1.807) is 0 Å². The Balaban J connectivity index is 1.86. The van der Waals surface area contributed by atoms with Crippen molar-refractivity contribution < 1.29 is 22.7 Å². The quantitative estimate of drug-likeness (QED) is 0.891. The maximum absolute atomic E-state index is 12.0. The Morgan fingerprint density at radius 3 is 2.60 bits per heavy atom. The molecular weight excluding hydrogens is 273 g/mol.